The topological polar surface area (TPSA) is 17.8 Å². The lowest BCUT2D eigenvalue weighted by atomic mass is 10.2. The van der Waals surface area contributed by atoms with Crippen LogP contribution in [0.3, 0.4) is 0 Å². The Hall–Kier alpha value is -1.23. The summed E-state index contributed by atoms with van der Waals surface area (Å²) in [6.45, 7) is 4.65. The second-order valence-electron chi connectivity index (χ2n) is 3.48. The second-order valence-corrected chi connectivity index (χ2v) is 3.48. The minimum atomic E-state index is 0.715. The van der Waals surface area contributed by atoms with E-state index in [-0.39, 0.29) is 0 Å². The van der Waals surface area contributed by atoms with Gasteiger partial charge < -0.3 is 0 Å². The maximum Gasteiger partial charge on any atom is 0.116 e. The summed E-state index contributed by atoms with van der Waals surface area (Å²) in [5.41, 5.74) is 2.54. The first-order valence-electron chi connectivity index (χ1n) is 4.67. The van der Waals surface area contributed by atoms with Gasteiger partial charge in [0.2, 0.25) is 0 Å². The molecule has 0 N–H and O–H groups in total. The summed E-state index contributed by atoms with van der Waals surface area (Å²) in [6.07, 6.45) is 5.62. The Morgan fingerprint density at radius 3 is 3.00 bits per heavy atom. The zero-order valence-electron chi connectivity index (χ0n) is 8.09. The van der Waals surface area contributed by atoms with E-state index in [1.54, 1.807) is 0 Å². The molecule has 0 saturated heterocycles. The summed E-state index contributed by atoms with van der Waals surface area (Å²) in [6, 6.07) is 0. The number of aromatic nitrogens is 2. The van der Waals surface area contributed by atoms with Gasteiger partial charge in [-0.05, 0) is 26.7 Å². The van der Waals surface area contributed by atoms with Crippen molar-refractivity contribution in [2.24, 2.45) is 0 Å². The Kier molecular flexibility index (Phi) is 2.10. The van der Waals surface area contributed by atoms with Crippen LogP contribution < -0.4 is 0 Å². The summed E-state index contributed by atoms with van der Waals surface area (Å²) >= 11 is 0. The SMILES string of the molecule is CC#CCn1n[c]c(C)c1C1CC1. The van der Waals surface area contributed by atoms with Crippen LogP contribution in [0.25, 0.3) is 0 Å². The lowest BCUT2D eigenvalue weighted by molar-refractivity contribution is 0.667. The molecule has 1 saturated carbocycles. The van der Waals surface area contributed by atoms with Crippen molar-refractivity contribution in [1.29, 1.82) is 0 Å². The third-order valence-corrected chi connectivity index (χ3v) is 2.37. The average molecular weight is 173 g/mol. The van der Waals surface area contributed by atoms with Crippen molar-refractivity contribution in [3.63, 3.8) is 0 Å². The highest BCUT2D eigenvalue weighted by atomic mass is 15.3. The fraction of sp³-hybridized carbons (Fsp3) is 0.545. The van der Waals surface area contributed by atoms with E-state index in [0.29, 0.717) is 6.54 Å². The van der Waals surface area contributed by atoms with Crippen molar-refractivity contribution in [1.82, 2.24) is 9.78 Å². The van der Waals surface area contributed by atoms with Crippen LogP contribution >= 0.6 is 0 Å². The molecule has 0 amide bonds. The first-order valence-corrected chi connectivity index (χ1v) is 4.67. The minimum absolute atomic E-state index is 0.715. The molecule has 1 aromatic rings. The maximum absolute atomic E-state index is 4.20. The van der Waals surface area contributed by atoms with Gasteiger partial charge in [-0.25, -0.2) is 0 Å². The Labute approximate surface area is 79.0 Å². The molecule has 0 aliphatic heterocycles. The van der Waals surface area contributed by atoms with Gasteiger partial charge in [-0.2, -0.15) is 5.10 Å². The largest absolute Gasteiger partial charge is 0.256 e. The highest BCUT2D eigenvalue weighted by Crippen LogP contribution is 2.41. The number of rotatable bonds is 2. The molecular formula is C11H13N2. The molecule has 1 aromatic heterocycles. The molecule has 2 rings (SSSR count). The summed E-state index contributed by atoms with van der Waals surface area (Å²) in [5, 5.41) is 4.20. The van der Waals surface area contributed by atoms with Gasteiger partial charge in [-0.15, -0.1) is 5.92 Å². The molecule has 13 heavy (non-hydrogen) atoms. The van der Waals surface area contributed by atoms with Gasteiger partial charge in [0.1, 0.15) is 12.7 Å². The van der Waals surface area contributed by atoms with Crippen LogP contribution in [0.15, 0.2) is 0 Å². The van der Waals surface area contributed by atoms with Crippen LogP contribution in [0, 0.1) is 25.0 Å². The van der Waals surface area contributed by atoms with Crippen molar-refractivity contribution in [2.75, 3.05) is 0 Å². The van der Waals surface area contributed by atoms with Gasteiger partial charge in [0.25, 0.3) is 0 Å². The summed E-state index contributed by atoms with van der Waals surface area (Å²) in [5.74, 6) is 6.65. The Bertz CT molecular complexity index is 361. The number of aryl methyl sites for hydroxylation is 1. The fourth-order valence-electron chi connectivity index (χ4n) is 1.59. The quantitative estimate of drug-likeness (QED) is 0.624. The van der Waals surface area contributed by atoms with Gasteiger partial charge in [-0.3, -0.25) is 4.68 Å². The van der Waals surface area contributed by atoms with Crippen LogP contribution in [0.4, 0.5) is 0 Å². The van der Waals surface area contributed by atoms with Gasteiger partial charge in [-0.1, -0.05) is 5.92 Å². The smallest absolute Gasteiger partial charge is 0.116 e. The normalized spacial score (nSPS) is 15.2. The van der Waals surface area contributed by atoms with Crippen molar-refractivity contribution >= 4 is 0 Å². The van der Waals surface area contributed by atoms with Crippen LogP contribution in [-0.4, -0.2) is 9.78 Å². The standard InChI is InChI=1S/C11H13N2/c1-3-4-7-13-11(10-5-6-10)9(2)8-12-13/h10H,5-7H2,1-2H3. The van der Waals surface area contributed by atoms with Crippen LogP contribution in [0.2, 0.25) is 0 Å². The van der Waals surface area contributed by atoms with E-state index in [0.717, 1.165) is 5.92 Å². The first-order chi connectivity index (χ1) is 6.33. The van der Waals surface area contributed by atoms with E-state index in [2.05, 4.69) is 30.1 Å². The molecule has 1 radical (unpaired) electrons. The van der Waals surface area contributed by atoms with Crippen molar-refractivity contribution in [3.8, 4) is 11.8 Å². The minimum Gasteiger partial charge on any atom is -0.256 e. The molecule has 2 nitrogen and oxygen atoms in total. The lowest BCUT2D eigenvalue weighted by Crippen LogP contribution is -2.03. The third kappa shape index (κ3) is 1.60. The summed E-state index contributed by atoms with van der Waals surface area (Å²) in [4.78, 5) is 0. The van der Waals surface area contributed by atoms with E-state index in [9.17, 15) is 0 Å². The van der Waals surface area contributed by atoms with Crippen molar-refractivity contribution < 1.29 is 0 Å². The highest BCUT2D eigenvalue weighted by molar-refractivity contribution is 5.24. The monoisotopic (exact) mass is 173 g/mol. The molecule has 1 aliphatic rings. The first kappa shape index (κ1) is 8.37. The molecule has 1 fully saturated rings. The van der Waals surface area contributed by atoms with E-state index >= 15 is 0 Å². The van der Waals surface area contributed by atoms with Gasteiger partial charge >= 0.3 is 0 Å². The Morgan fingerprint density at radius 1 is 1.62 bits per heavy atom. The molecular weight excluding hydrogens is 160 g/mol. The molecule has 1 aliphatic carbocycles. The molecule has 0 spiro atoms. The highest BCUT2D eigenvalue weighted by Gasteiger charge is 2.28. The maximum atomic E-state index is 4.20. The molecule has 67 valence electrons. The van der Waals surface area contributed by atoms with Crippen LogP contribution in [0.5, 0.6) is 0 Å². The van der Waals surface area contributed by atoms with Crippen LogP contribution in [0.1, 0.15) is 36.9 Å². The average Bonchev–Trinajstić information content (AvgIpc) is 2.88. The fourth-order valence-corrected chi connectivity index (χ4v) is 1.59. The molecule has 1 heterocycles. The Balaban J connectivity index is 2.26. The molecule has 2 heteroatoms. The number of hydrogen-bond acceptors (Lipinski definition) is 1. The molecule has 0 unspecified atom stereocenters. The van der Waals surface area contributed by atoms with E-state index in [4.69, 9.17) is 0 Å². The number of hydrogen-bond donors (Lipinski definition) is 0. The second kappa shape index (κ2) is 3.26. The third-order valence-electron chi connectivity index (χ3n) is 2.37. The van der Waals surface area contributed by atoms with E-state index in [1.165, 1.54) is 24.1 Å². The van der Waals surface area contributed by atoms with Crippen molar-refractivity contribution in [2.45, 2.75) is 39.2 Å². The molecule has 0 aromatic carbocycles. The summed E-state index contributed by atoms with van der Waals surface area (Å²) < 4.78 is 1.99. The molecule has 0 bridgehead atoms. The predicted octanol–water partition coefficient (Wildman–Crippen LogP) is 1.89. The van der Waals surface area contributed by atoms with Crippen LogP contribution in [-0.2, 0) is 6.54 Å². The summed E-state index contributed by atoms with van der Waals surface area (Å²) in [7, 11) is 0. The molecule has 0 atom stereocenters. The van der Waals surface area contributed by atoms with E-state index < -0.39 is 0 Å². The Morgan fingerprint density at radius 2 is 2.38 bits per heavy atom. The van der Waals surface area contributed by atoms with Gasteiger partial charge in [0.05, 0.1) is 0 Å². The van der Waals surface area contributed by atoms with E-state index in [1.807, 2.05) is 11.6 Å². The lowest BCUT2D eigenvalue weighted by Gasteiger charge is -2.02. The van der Waals surface area contributed by atoms with Crippen molar-refractivity contribution in [3.05, 3.63) is 17.5 Å². The van der Waals surface area contributed by atoms with Gasteiger partial charge in [0.15, 0.2) is 0 Å². The predicted molar refractivity (Wildman–Crippen MR) is 51.2 cm³/mol. The number of nitrogens with zero attached hydrogens (tertiary/aromatic N) is 2. The zero-order chi connectivity index (χ0) is 9.26. The van der Waals surface area contributed by atoms with Gasteiger partial charge in [0, 0.05) is 17.2 Å². The zero-order valence-corrected chi connectivity index (χ0v) is 8.09.